The van der Waals surface area contributed by atoms with Crippen LogP contribution in [0.4, 0.5) is 0 Å². The van der Waals surface area contributed by atoms with Crippen LogP contribution in [-0.4, -0.2) is 14.2 Å². The molecule has 1 aliphatic rings. The molecule has 0 radical (unpaired) electrons. The molecule has 0 N–H and O–H groups in total. The predicted octanol–water partition coefficient (Wildman–Crippen LogP) is 4.25. The lowest BCUT2D eigenvalue weighted by Gasteiger charge is -2.41. The summed E-state index contributed by atoms with van der Waals surface area (Å²) in [4.78, 5) is -0.0406. The third-order valence-electron chi connectivity index (χ3n) is 3.77. The molecule has 0 saturated carbocycles. The maximum absolute atomic E-state index is 5.75. The third-order valence-corrected chi connectivity index (χ3v) is 4.86. The molecule has 0 fully saturated rings. The molecule has 2 aromatic rings. The molecule has 3 rings (SSSR count). The van der Waals surface area contributed by atoms with Crippen LogP contribution in [-0.2, 0) is 15.3 Å². The van der Waals surface area contributed by atoms with Gasteiger partial charge in [0.1, 0.15) is 0 Å². The molecule has 98 valence electrons. The van der Waals surface area contributed by atoms with Crippen molar-refractivity contribution in [3.8, 4) is 11.1 Å². The number of hydrogen-bond acceptors (Lipinski definition) is 2. The lowest BCUT2D eigenvalue weighted by molar-refractivity contribution is -0.216. The largest absolute Gasteiger partial charge is 0.348 e. The lowest BCUT2D eigenvalue weighted by atomic mass is 9.81. The topological polar surface area (TPSA) is 18.5 Å². The molecule has 1 aliphatic carbocycles. The van der Waals surface area contributed by atoms with Crippen molar-refractivity contribution in [3.63, 3.8) is 0 Å². The van der Waals surface area contributed by atoms with Crippen molar-refractivity contribution in [2.45, 2.75) is 10.6 Å². The van der Waals surface area contributed by atoms with E-state index in [0.29, 0.717) is 0 Å². The van der Waals surface area contributed by atoms with Crippen LogP contribution in [0.15, 0.2) is 48.5 Å². The Kier molecular flexibility index (Phi) is 3.21. The Morgan fingerprint density at radius 2 is 1.47 bits per heavy atom. The summed E-state index contributed by atoms with van der Waals surface area (Å²) in [6.45, 7) is 0. The first kappa shape index (κ1) is 12.9. The maximum atomic E-state index is 5.75. The van der Waals surface area contributed by atoms with Gasteiger partial charge in [-0.25, -0.2) is 0 Å². The first-order valence-electron chi connectivity index (χ1n) is 6.18. The Balaban J connectivity index is 2.35. The van der Waals surface area contributed by atoms with Crippen LogP contribution in [0.2, 0.25) is 0 Å². The summed E-state index contributed by atoms with van der Waals surface area (Å²) in [5.74, 6) is -0.787. The molecule has 0 aromatic heterocycles. The van der Waals surface area contributed by atoms with Gasteiger partial charge in [0.2, 0.25) is 5.79 Å². The van der Waals surface area contributed by atoms with Crippen molar-refractivity contribution in [2.24, 2.45) is 0 Å². The van der Waals surface area contributed by atoms with Crippen LogP contribution in [0, 0.1) is 0 Å². The summed E-state index contributed by atoms with van der Waals surface area (Å²) in [7, 11) is 3.37. The van der Waals surface area contributed by atoms with Crippen molar-refractivity contribution < 1.29 is 9.47 Å². The molecule has 2 aromatic carbocycles. The van der Waals surface area contributed by atoms with Crippen LogP contribution in [0.1, 0.15) is 16.0 Å². The molecule has 0 heterocycles. The first-order chi connectivity index (χ1) is 9.24. The van der Waals surface area contributed by atoms with Crippen LogP contribution in [0.5, 0.6) is 0 Å². The van der Waals surface area contributed by atoms with Gasteiger partial charge < -0.3 is 9.47 Å². The molecule has 1 atom stereocenters. The van der Waals surface area contributed by atoms with E-state index in [2.05, 4.69) is 46.3 Å². The number of hydrogen-bond donors (Lipinski definition) is 0. The average molecular weight is 319 g/mol. The maximum Gasteiger partial charge on any atom is 0.212 e. The third kappa shape index (κ3) is 1.69. The summed E-state index contributed by atoms with van der Waals surface area (Å²) in [5, 5.41) is 0. The van der Waals surface area contributed by atoms with Gasteiger partial charge >= 0.3 is 0 Å². The molecular formula is C16H15BrO2. The molecule has 0 spiro atoms. The minimum absolute atomic E-state index is 0.0406. The Hall–Kier alpha value is -1.16. The number of ether oxygens (including phenoxy) is 2. The van der Waals surface area contributed by atoms with E-state index in [1.165, 1.54) is 11.1 Å². The molecular weight excluding hydrogens is 304 g/mol. The fourth-order valence-corrected chi connectivity index (χ4v) is 3.86. The summed E-state index contributed by atoms with van der Waals surface area (Å²) >= 11 is 3.75. The highest BCUT2D eigenvalue weighted by molar-refractivity contribution is 9.09. The van der Waals surface area contributed by atoms with Crippen molar-refractivity contribution in [1.29, 1.82) is 0 Å². The Morgan fingerprint density at radius 3 is 2.16 bits per heavy atom. The van der Waals surface area contributed by atoms with E-state index in [4.69, 9.17) is 9.47 Å². The monoisotopic (exact) mass is 318 g/mol. The van der Waals surface area contributed by atoms with Crippen LogP contribution < -0.4 is 0 Å². The van der Waals surface area contributed by atoms with E-state index < -0.39 is 5.79 Å². The molecule has 0 aliphatic heterocycles. The highest BCUT2D eigenvalue weighted by Gasteiger charge is 2.46. The van der Waals surface area contributed by atoms with E-state index in [9.17, 15) is 0 Å². The van der Waals surface area contributed by atoms with E-state index >= 15 is 0 Å². The number of methoxy groups -OCH3 is 2. The minimum Gasteiger partial charge on any atom is -0.348 e. The van der Waals surface area contributed by atoms with Gasteiger partial charge in [0.05, 0.1) is 4.83 Å². The first-order valence-corrected chi connectivity index (χ1v) is 7.09. The van der Waals surface area contributed by atoms with Crippen LogP contribution in [0.25, 0.3) is 11.1 Å². The van der Waals surface area contributed by atoms with Gasteiger partial charge in [-0.3, -0.25) is 0 Å². The minimum atomic E-state index is -0.787. The van der Waals surface area contributed by atoms with E-state index in [0.717, 1.165) is 11.1 Å². The fourth-order valence-electron chi connectivity index (χ4n) is 2.84. The number of benzene rings is 2. The van der Waals surface area contributed by atoms with Gasteiger partial charge in [-0.05, 0) is 16.7 Å². The average Bonchev–Trinajstić information content (AvgIpc) is 2.49. The van der Waals surface area contributed by atoms with E-state index in [1.807, 2.05) is 18.2 Å². The Labute approximate surface area is 121 Å². The second-order valence-electron chi connectivity index (χ2n) is 4.57. The van der Waals surface area contributed by atoms with Crippen LogP contribution in [0.3, 0.4) is 0 Å². The highest BCUT2D eigenvalue weighted by Crippen LogP contribution is 2.53. The fraction of sp³-hybridized carbons (Fsp3) is 0.250. The van der Waals surface area contributed by atoms with Crippen LogP contribution >= 0.6 is 15.9 Å². The zero-order valence-corrected chi connectivity index (χ0v) is 12.5. The second kappa shape index (κ2) is 4.75. The number of fused-ring (bicyclic) bond motifs is 3. The molecule has 1 unspecified atom stereocenters. The van der Waals surface area contributed by atoms with Crippen molar-refractivity contribution in [3.05, 3.63) is 59.7 Å². The number of halogens is 1. The Bertz CT molecular complexity index is 605. The van der Waals surface area contributed by atoms with Gasteiger partial charge in [-0.2, -0.15) is 0 Å². The van der Waals surface area contributed by atoms with Gasteiger partial charge in [-0.1, -0.05) is 64.5 Å². The Morgan fingerprint density at radius 1 is 0.895 bits per heavy atom. The van der Waals surface area contributed by atoms with Gasteiger partial charge in [0, 0.05) is 19.8 Å². The molecule has 3 heteroatoms. The normalized spacial score (nSPS) is 19.6. The molecule has 0 bridgehead atoms. The smallest absolute Gasteiger partial charge is 0.212 e. The second-order valence-corrected chi connectivity index (χ2v) is 5.49. The standard InChI is InChI=1S/C16H15BrO2/c1-18-16(19-2)14-10-6-5-8-12(14)11-7-3-4-9-13(11)15(16)17/h3-10,15H,1-2H3. The number of rotatable bonds is 2. The lowest BCUT2D eigenvalue weighted by Crippen LogP contribution is -2.38. The quantitative estimate of drug-likeness (QED) is 0.609. The van der Waals surface area contributed by atoms with Crippen molar-refractivity contribution in [1.82, 2.24) is 0 Å². The zero-order chi connectivity index (χ0) is 13.5. The summed E-state index contributed by atoms with van der Waals surface area (Å²) in [6, 6.07) is 16.6. The van der Waals surface area contributed by atoms with Gasteiger partial charge in [0.15, 0.2) is 0 Å². The summed E-state index contributed by atoms with van der Waals surface area (Å²) in [5.41, 5.74) is 4.63. The van der Waals surface area contributed by atoms with Crippen molar-refractivity contribution >= 4 is 15.9 Å². The summed E-state index contributed by atoms with van der Waals surface area (Å²) < 4.78 is 11.5. The SMILES string of the molecule is COC1(OC)c2ccccc2-c2ccccc2C1Br. The molecule has 2 nitrogen and oxygen atoms in total. The number of alkyl halides is 1. The highest BCUT2D eigenvalue weighted by atomic mass is 79.9. The molecule has 0 saturated heterocycles. The van der Waals surface area contributed by atoms with E-state index in [1.54, 1.807) is 14.2 Å². The summed E-state index contributed by atoms with van der Waals surface area (Å²) in [6.07, 6.45) is 0. The van der Waals surface area contributed by atoms with E-state index in [-0.39, 0.29) is 4.83 Å². The molecule has 0 amide bonds. The predicted molar refractivity (Wildman–Crippen MR) is 79.2 cm³/mol. The zero-order valence-electron chi connectivity index (χ0n) is 10.9. The van der Waals surface area contributed by atoms with Gasteiger partial charge in [-0.15, -0.1) is 0 Å². The van der Waals surface area contributed by atoms with Crippen molar-refractivity contribution in [2.75, 3.05) is 14.2 Å². The molecule has 19 heavy (non-hydrogen) atoms. The van der Waals surface area contributed by atoms with Gasteiger partial charge in [0.25, 0.3) is 0 Å².